The summed E-state index contributed by atoms with van der Waals surface area (Å²) < 4.78 is 26.4. The number of ether oxygens (including phenoxy) is 2. The second-order valence-corrected chi connectivity index (χ2v) is 9.74. The summed E-state index contributed by atoms with van der Waals surface area (Å²) in [5.74, 6) is 0.263. The number of halogens is 3. The second-order valence-electron chi connectivity index (χ2n) is 8.93. The number of H-pyrrole nitrogens is 1. The van der Waals surface area contributed by atoms with Crippen LogP contribution in [0.4, 0.5) is 10.1 Å². The molecule has 3 heterocycles. The third-order valence-electron chi connectivity index (χ3n) is 6.41. The van der Waals surface area contributed by atoms with Crippen LogP contribution in [0, 0.1) is 12.4 Å². The average molecular weight is 552 g/mol. The largest absolute Gasteiger partial charge is 0.486 e. The van der Waals surface area contributed by atoms with Crippen molar-refractivity contribution in [3.8, 4) is 5.75 Å². The van der Waals surface area contributed by atoms with Crippen LogP contribution in [0.5, 0.6) is 5.75 Å². The van der Waals surface area contributed by atoms with Gasteiger partial charge in [-0.3, -0.25) is 15.0 Å². The van der Waals surface area contributed by atoms with Gasteiger partial charge < -0.3 is 9.47 Å². The Morgan fingerprint density at radius 1 is 1.18 bits per heavy atom. The molecule has 1 aliphatic rings. The lowest BCUT2D eigenvalue weighted by atomic mass is 10.1. The van der Waals surface area contributed by atoms with Crippen molar-refractivity contribution in [2.45, 2.75) is 19.6 Å². The molecule has 2 aromatic carbocycles. The van der Waals surface area contributed by atoms with E-state index in [0.29, 0.717) is 63.6 Å². The monoisotopic (exact) mass is 551 g/mol. The fraction of sp³-hybridized carbons (Fsp3) is 0.250. The number of benzene rings is 2. The third kappa shape index (κ3) is 5.66. The Labute approximate surface area is 229 Å². The minimum absolute atomic E-state index is 0.339. The number of hydrogen-bond donors (Lipinski definition) is 1. The van der Waals surface area contributed by atoms with Gasteiger partial charge in [0.2, 0.25) is 0 Å². The van der Waals surface area contributed by atoms with Crippen molar-refractivity contribution in [2.24, 2.45) is 0 Å². The summed E-state index contributed by atoms with van der Waals surface area (Å²) in [4.78, 5) is 9.74. The van der Waals surface area contributed by atoms with Gasteiger partial charge in [-0.25, -0.2) is 9.24 Å². The summed E-state index contributed by atoms with van der Waals surface area (Å²) in [5.41, 5.74) is 3.47. The zero-order chi connectivity index (χ0) is 26.6. The number of pyridine rings is 1. The van der Waals surface area contributed by atoms with Crippen LogP contribution < -0.4 is 4.74 Å². The molecule has 0 radical (unpaired) electrons. The Morgan fingerprint density at radius 3 is 2.68 bits per heavy atom. The van der Waals surface area contributed by atoms with Crippen molar-refractivity contribution in [1.82, 2.24) is 20.1 Å². The van der Waals surface area contributed by atoms with Crippen molar-refractivity contribution in [3.05, 3.63) is 92.4 Å². The highest BCUT2D eigenvalue weighted by molar-refractivity contribution is 6.35. The number of nitrogens with one attached hydrogen (secondary N) is 1. The number of fused-ring (bicyclic) bond motifs is 1. The van der Waals surface area contributed by atoms with E-state index in [0.717, 1.165) is 24.0 Å². The van der Waals surface area contributed by atoms with Gasteiger partial charge in [-0.1, -0.05) is 29.3 Å². The maximum atomic E-state index is 15.0. The summed E-state index contributed by atoms with van der Waals surface area (Å²) in [5, 5.41) is 9.04. The highest BCUT2D eigenvalue weighted by atomic mass is 35.5. The minimum atomic E-state index is -0.415. The minimum Gasteiger partial charge on any atom is -0.486 e. The molecular formula is C28H24Cl2FN5O2. The van der Waals surface area contributed by atoms with E-state index in [2.05, 4.69) is 24.9 Å². The van der Waals surface area contributed by atoms with E-state index >= 15 is 0 Å². The first-order chi connectivity index (χ1) is 18.4. The van der Waals surface area contributed by atoms with Crippen LogP contribution in [-0.2, 0) is 11.3 Å². The Bertz CT molecular complexity index is 1520. The van der Waals surface area contributed by atoms with Gasteiger partial charge in [0.1, 0.15) is 17.7 Å². The smallest absolute Gasteiger partial charge is 0.194 e. The summed E-state index contributed by atoms with van der Waals surface area (Å²) in [6, 6.07) is 8.59. The Balaban J connectivity index is 1.38. The predicted molar refractivity (Wildman–Crippen MR) is 147 cm³/mol. The van der Waals surface area contributed by atoms with Crippen LogP contribution >= 0.6 is 23.2 Å². The van der Waals surface area contributed by atoms with E-state index in [1.807, 2.05) is 25.1 Å². The molecule has 194 valence electrons. The summed E-state index contributed by atoms with van der Waals surface area (Å²) >= 11 is 12.6. The molecule has 0 amide bonds. The highest BCUT2D eigenvalue weighted by Gasteiger charge is 2.17. The lowest BCUT2D eigenvalue weighted by Gasteiger charge is -2.26. The molecule has 1 saturated heterocycles. The molecule has 4 aromatic rings. The van der Waals surface area contributed by atoms with Gasteiger partial charge in [-0.15, -0.1) is 0 Å². The first-order valence-corrected chi connectivity index (χ1v) is 12.8. The lowest BCUT2D eigenvalue weighted by molar-refractivity contribution is 0.0337. The van der Waals surface area contributed by atoms with E-state index in [1.54, 1.807) is 18.2 Å². The van der Waals surface area contributed by atoms with Gasteiger partial charge in [-0.2, -0.15) is 5.10 Å². The molecule has 1 N–H and O–H groups in total. The maximum Gasteiger partial charge on any atom is 0.194 e. The summed E-state index contributed by atoms with van der Waals surface area (Å²) in [7, 11) is 0. The fourth-order valence-electron chi connectivity index (χ4n) is 4.43. The maximum absolute atomic E-state index is 15.0. The van der Waals surface area contributed by atoms with E-state index in [9.17, 15) is 4.39 Å². The van der Waals surface area contributed by atoms with E-state index in [-0.39, 0.29) is 5.82 Å². The van der Waals surface area contributed by atoms with Crippen molar-refractivity contribution >= 4 is 51.9 Å². The zero-order valence-corrected chi connectivity index (χ0v) is 22.1. The molecular weight excluding hydrogens is 528 g/mol. The first kappa shape index (κ1) is 26.1. The van der Waals surface area contributed by atoms with Gasteiger partial charge >= 0.3 is 0 Å². The summed E-state index contributed by atoms with van der Waals surface area (Å²) in [6.45, 7) is 12.7. The third-order valence-corrected chi connectivity index (χ3v) is 7.01. The Hall–Kier alpha value is -3.48. The molecule has 1 fully saturated rings. The fourth-order valence-corrected chi connectivity index (χ4v) is 5.10. The van der Waals surface area contributed by atoms with Crippen LogP contribution in [0.3, 0.4) is 0 Å². The van der Waals surface area contributed by atoms with Crippen molar-refractivity contribution in [3.63, 3.8) is 0 Å². The van der Waals surface area contributed by atoms with Crippen LogP contribution in [0.15, 0.2) is 42.7 Å². The van der Waals surface area contributed by atoms with Gasteiger partial charge in [0.25, 0.3) is 0 Å². The molecule has 5 rings (SSSR count). The lowest BCUT2D eigenvalue weighted by Crippen LogP contribution is -2.35. The molecule has 0 spiro atoms. The molecule has 1 aliphatic heterocycles. The van der Waals surface area contributed by atoms with Crippen LogP contribution in [0.1, 0.15) is 35.4 Å². The first-order valence-electron chi connectivity index (χ1n) is 12.0. The predicted octanol–water partition coefficient (Wildman–Crippen LogP) is 7.10. The molecule has 7 nitrogen and oxygen atoms in total. The van der Waals surface area contributed by atoms with Crippen LogP contribution in [-0.4, -0.2) is 46.4 Å². The Morgan fingerprint density at radius 2 is 1.95 bits per heavy atom. The van der Waals surface area contributed by atoms with Gasteiger partial charge in [-0.05, 0) is 54.5 Å². The molecule has 10 heteroatoms. The topological polar surface area (TPSA) is 67.6 Å². The zero-order valence-electron chi connectivity index (χ0n) is 20.5. The molecule has 38 heavy (non-hydrogen) atoms. The Kier molecular flexibility index (Phi) is 7.91. The van der Waals surface area contributed by atoms with E-state index in [1.165, 1.54) is 18.5 Å². The second kappa shape index (κ2) is 11.5. The SMILES string of the molecule is [C-]#[N+]c1cc(CN2CCOCC2)c(F)cc1/C=C/c1n[nH]c2ccc(OC(C)c3c(Cl)cncc3Cl)cc12. The quantitative estimate of drug-likeness (QED) is 0.248. The highest BCUT2D eigenvalue weighted by Crippen LogP contribution is 2.34. The molecule has 0 bridgehead atoms. The van der Waals surface area contributed by atoms with Crippen molar-refractivity contribution < 1.29 is 13.9 Å². The number of aromatic amines is 1. The summed E-state index contributed by atoms with van der Waals surface area (Å²) in [6.07, 6.45) is 6.10. The van der Waals surface area contributed by atoms with Gasteiger partial charge in [0, 0.05) is 43.0 Å². The number of nitrogens with zero attached hydrogens (tertiary/aromatic N) is 4. The number of hydrogen-bond acceptors (Lipinski definition) is 5. The molecule has 1 unspecified atom stereocenters. The number of rotatable bonds is 7. The molecule has 0 aliphatic carbocycles. The van der Waals surface area contributed by atoms with Gasteiger partial charge in [0.05, 0.1) is 41.0 Å². The van der Waals surface area contributed by atoms with Crippen LogP contribution in [0.2, 0.25) is 10.0 Å². The van der Waals surface area contributed by atoms with Crippen LogP contribution in [0.25, 0.3) is 27.9 Å². The molecule has 0 saturated carbocycles. The molecule has 2 aromatic heterocycles. The van der Waals surface area contributed by atoms with Crippen molar-refractivity contribution in [1.29, 1.82) is 0 Å². The van der Waals surface area contributed by atoms with E-state index < -0.39 is 6.10 Å². The number of aromatic nitrogens is 3. The average Bonchev–Trinajstić information content (AvgIpc) is 3.31. The number of morpholine rings is 1. The molecule has 1 atom stereocenters. The normalized spacial score (nSPS) is 15.1. The van der Waals surface area contributed by atoms with Gasteiger partial charge in [0.15, 0.2) is 5.69 Å². The van der Waals surface area contributed by atoms with E-state index in [4.69, 9.17) is 39.2 Å². The standard InChI is InChI=1S/C28H24Cl2FN5O2/c1-17(28-22(29)14-33-15-23(28)30)38-20-4-6-26-21(13-20)25(34-35-26)5-3-18-11-24(31)19(12-27(18)32-2)16-36-7-9-37-10-8-36/h3-6,11-15,17H,7-10,16H2,1H3,(H,34,35)/b5-3+. The van der Waals surface area contributed by atoms with Crippen molar-refractivity contribution in [2.75, 3.05) is 26.3 Å².